The first-order valence-electron chi connectivity index (χ1n) is 9.75. The number of likely N-dealkylation sites (tertiary alicyclic amines) is 1. The fraction of sp³-hybridized carbons (Fsp3) is 0.667. The molecule has 1 aromatic carbocycles. The Kier molecular flexibility index (Phi) is 4.62. The molecule has 1 aromatic rings. The first kappa shape index (κ1) is 16.1. The van der Waals surface area contributed by atoms with Crippen molar-refractivity contribution in [2.75, 3.05) is 13.1 Å². The summed E-state index contributed by atoms with van der Waals surface area (Å²) in [6.07, 6.45) is 7.36. The number of benzene rings is 1. The molecule has 2 aliphatic carbocycles. The van der Waals surface area contributed by atoms with Crippen LogP contribution >= 0.6 is 0 Å². The van der Waals surface area contributed by atoms with Crippen LogP contribution in [0.25, 0.3) is 0 Å². The van der Waals surface area contributed by atoms with Crippen molar-refractivity contribution in [1.82, 2.24) is 10.2 Å². The van der Waals surface area contributed by atoms with Gasteiger partial charge in [-0.15, -0.1) is 0 Å². The maximum Gasteiger partial charge on any atom is 0.223 e. The van der Waals surface area contributed by atoms with Crippen LogP contribution in [0.1, 0.15) is 49.7 Å². The molecule has 2 bridgehead atoms. The second-order valence-electron chi connectivity index (χ2n) is 8.33. The summed E-state index contributed by atoms with van der Waals surface area (Å²) in [4.78, 5) is 15.1. The molecule has 1 aliphatic heterocycles. The van der Waals surface area contributed by atoms with E-state index in [4.69, 9.17) is 0 Å². The van der Waals surface area contributed by atoms with Gasteiger partial charge in [0.1, 0.15) is 0 Å². The standard InChI is InChI=1S/C21H30N2O/c1-15-3-2-4-17(11-15)14-23-9-7-18(8-10-23)21(24)22-20-13-16-5-6-19(20)12-16/h2-4,11,16,18-20H,5-10,12-14H2,1H3,(H,22,24). The molecule has 3 aliphatic rings. The average Bonchev–Trinajstić information content (AvgIpc) is 3.18. The molecule has 1 amide bonds. The van der Waals surface area contributed by atoms with Crippen LogP contribution in [-0.4, -0.2) is 29.9 Å². The van der Waals surface area contributed by atoms with Gasteiger partial charge in [0, 0.05) is 18.5 Å². The highest BCUT2D eigenvalue weighted by atomic mass is 16.2. The molecule has 0 aromatic heterocycles. The quantitative estimate of drug-likeness (QED) is 0.918. The summed E-state index contributed by atoms with van der Waals surface area (Å²) in [5, 5.41) is 3.39. The van der Waals surface area contributed by atoms with E-state index in [1.54, 1.807) is 0 Å². The molecule has 3 nitrogen and oxygen atoms in total. The molecule has 1 heterocycles. The number of nitrogens with one attached hydrogen (secondary N) is 1. The van der Waals surface area contributed by atoms with Crippen LogP contribution in [0, 0.1) is 24.7 Å². The molecule has 3 unspecified atom stereocenters. The normalized spacial score (nSPS) is 30.6. The van der Waals surface area contributed by atoms with Gasteiger partial charge in [0.2, 0.25) is 5.91 Å². The maximum absolute atomic E-state index is 12.6. The minimum atomic E-state index is 0.234. The smallest absolute Gasteiger partial charge is 0.223 e. The molecule has 24 heavy (non-hydrogen) atoms. The van der Waals surface area contributed by atoms with Crippen molar-refractivity contribution in [3.05, 3.63) is 35.4 Å². The number of nitrogens with zero attached hydrogens (tertiary/aromatic N) is 1. The van der Waals surface area contributed by atoms with E-state index in [1.807, 2.05) is 0 Å². The molecule has 4 rings (SSSR count). The minimum Gasteiger partial charge on any atom is -0.353 e. The van der Waals surface area contributed by atoms with Crippen molar-refractivity contribution in [3.63, 3.8) is 0 Å². The van der Waals surface area contributed by atoms with Gasteiger partial charge in [0.15, 0.2) is 0 Å². The third-order valence-corrected chi connectivity index (χ3v) is 6.51. The fourth-order valence-corrected chi connectivity index (χ4v) is 5.14. The van der Waals surface area contributed by atoms with Gasteiger partial charge in [0.05, 0.1) is 0 Å². The van der Waals surface area contributed by atoms with E-state index >= 15 is 0 Å². The predicted octanol–water partition coefficient (Wildman–Crippen LogP) is 3.51. The summed E-state index contributed by atoms with van der Waals surface area (Å²) in [5.41, 5.74) is 2.72. The fourth-order valence-electron chi connectivity index (χ4n) is 5.14. The lowest BCUT2D eigenvalue weighted by molar-refractivity contribution is -0.127. The number of carbonyl (C=O) groups excluding carboxylic acids is 1. The lowest BCUT2D eigenvalue weighted by Gasteiger charge is -2.33. The Morgan fingerprint density at radius 3 is 2.67 bits per heavy atom. The molecule has 2 saturated carbocycles. The maximum atomic E-state index is 12.6. The van der Waals surface area contributed by atoms with E-state index in [9.17, 15) is 4.79 Å². The van der Waals surface area contributed by atoms with Crippen molar-refractivity contribution in [2.24, 2.45) is 17.8 Å². The first-order valence-corrected chi connectivity index (χ1v) is 9.75. The molecule has 0 radical (unpaired) electrons. The second-order valence-corrected chi connectivity index (χ2v) is 8.33. The molecule has 0 spiro atoms. The van der Waals surface area contributed by atoms with Crippen LogP contribution in [0.5, 0.6) is 0 Å². The van der Waals surface area contributed by atoms with Gasteiger partial charge in [-0.25, -0.2) is 0 Å². The number of rotatable bonds is 4. The number of hydrogen-bond donors (Lipinski definition) is 1. The highest BCUT2D eigenvalue weighted by Crippen LogP contribution is 2.44. The van der Waals surface area contributed by atoms with Crippen LogP contribution in [-0.2, 0) is 11.3 Å². The van der Waals surface area contributed by atoms with Gasteiger partial charge in [0.25, 0.3) is 0 Å². The van der Waals surface area contributed by atoms with Crippen LogP contribution < -0.4 is 5.32 Å². The first-order chi connectivity index (χ1) is 11.7. The zero-order valence-corrected chi connectivity index (χ0v) is 14.8. The molecule has 1 saturated heterocycles. The summed E-state index contributed by atoms with van der Waals surface area (Å²) in [7, 11) is 0. The summed E-state index contributed by atoms with van der Waals surface area (Å²) < 4.78 is 0. The highest BCUT2D eigenvalue weighted by Gasteiger charge is 2.40. The lowest BCUT2D eigenvalue weighted by atomic mass is 9.92. The number of amides is 1. The van der Waals surface area contributed by atoms with Crippen molar-refractivity contribution >= 4 is 5.91 Å². The predicted molar refractivity (Wildman–Crippen MR) is 96.6 cm³/mol. The number of fused-ring (bicyclic) bond motifs is 2. The molecular formula is C21H30N2O. The molecule has 130 valence electrons. The van der Waals surface area contributed by atoms with E-state index in [0.29, 0.717) is 11.9 Å². The van der Waals surface area contributed by atoms with E-state index in [1.165, 1.54) is 36.8 Å². The molecule has 1 N–H and O–H groups in total. The van der Waals surface area contributed by atoms with Crippen LogP contribution in [0.3, 0.4) is 0 Å². The van der Waals surface area contributed by atoms with Crippen LogP contribution in [0.2, 0.25) is 0 Å². The largest absolute Gasteiger partial charge is 0.353 e. The Morgan fingerprint density at radius 1 is 1.17 bits per heavy atom. The Hall–Kier alpha value is -1.35. The van der Waals surface area contributed by atoms with Crippen molar-refractivity contribution in [3.8, 4) is 0 Å². The number of aryl methyl sites for hydroxylation is 1. The highest BCUT2D eigenvalue weighted by molar-refractivity contribution is 5.79. The Bertz CT molecular complexity index is 591. The third-order valence-electron chi connectivity index (χ3n) is 6.51. The van der Waals surface area contributed by atoms with Gasteiger partial charge >= 0.3 is 0 Å². The molecule has 3 fully saturated rings. The van der Waals surface area contributed by atoms with Gasteiger partial charge < -0.3 is 5.32 Å². The molecule has 3 heteroatoms. The van der Waals surface area contributed by atoms with Gasteiger partial charge in [-0.05, 0) is 69.5 Å². The second kappa shape index (κ2) is 6.87. The molecular weight excluding hydrogens is 296 g/mol. The zero-order valence-electron chi connectivity index (χ0n) is 14.8. The number of hydrogen-bond acceptors (Lipinski definition) is 2. The van der Waals surface area contributed by atoms with Crippen molar-refractivity contribution in [2.45, 2.75) is 58.0 Å². The average molecular weight is 326 g/mol. The molecule has 3 atom stereocenters. The van der Waals surface area contributed by atoms with Crippen LogP contribution in [0.15, 0.2) is 24.3 Å². The number of piperidine rings is 1. The Balaban J connectivity index is 1.24. The van der Waals surface area contributed by atoms with E-state index < -0.39 is 0 Å². The third kappa shape index (κ3) is 3.51. The summed E-state index contributed by atoms with van der Waals surface area (Å²) >= 11 is 0. The van der Waals surface area contributed by atoms with E-state index in [0.717, 1.165) is 44.3 Å². The van der Waals surface area contributed by atoms with Crippen LogP contribution in [0.4, 0.5) is 0 Å². The SMILES string of the molecule is Cc1cccc(CN2CCC(C(=O)NC3CC4CCC3C4)CC2)c1. The summed E-state index contributed by atoms with van der Waals surface area (Å²) in [6.45, 7) is 5.25. The van der Waals surface area contributed by atoms with Gasteiger partial charge in [-0.3, -0.25) is 9.69 Å². The topological polar surface area (TPSA) is 32.3 Å². The lowest BCUT2D eigenvalue weighted by Crippen LogP contribution is -2.45. The minimum absolute atomic E-state index is 0.234. The van der Waals surface area contributed by atoms with Crippen molar-refractivity contribution in [1.29, 1.82) is 0 Å². The monoisotopic (exact) mass is 326 g/mol. The summed E-state index contributed by atoms with van der Waals surface area (Å²) in [5.74, 6) is 2.25. The number of carbonyl (C=O) groups is 1. The van der Waals surface area contributed by atoms with Gasteiger partial charge in [-0.2, -0.15) is 0 Å². The Labute approximate surface area is 145 Å². The Morgan fingerprint density at radius 2 is 2.00 bits per heavy atom. The summed E-state index contributed by atoms with van der Waals surface area (Å²) in [6, 6.07) is 9.26. The van der Waals surface area contributed by atoms with Crippen molar-refractivity contribution < 1.29 is 4.79 Å². The van der Waals surface area contributed by atoms with Gasteiger partial charge in [-0.1, -0.05) is 36.2 Å². The van der Waals surface area contributed by atoms with E-state index in [-0.39, 0.29) is 5.92 Å². The zero-order chi connectivity index (χ0) is 16.5. The van der Waals surface area contributed by atoms with E-state index in [2.05, 4.69) is 41.4 Å².